The Bertz CT molecular complexity index is 1460. The summed E-state index contributed by atoms with van der Waals surface area (Å²) in [7, 11) is -2.17. The van der Waals surface area contributed by atoms with E-state index in [4.69, 9.17) is 9.15 Å². The van der Waals surface area contributed by atoms with Crippen LogP contribution in [0, 0.1) is 11.7 Å². The van der Waals surface area contributed by atoms with Crippen molar-refractivity contribution >= 4 is 42.6 Å². The number of methoxy groups -OCH3 is 1. The Morgan fingerprint density at radius 2 is 1.94 bits per heavy atom. The molecule has 188 valence electrons. The third kappa shape index (κ3) is 4.86. The normalized spacial score (nSPS) is 15.3. The topological polar surface area (TPSA) is 93.0 Å². The molecular weight excluding hydrogens is 505 g/mol. The molecule has 36 heavy (non-hydrogen) atoms. The second kappa shape index (κ2) is 10.00. The number of fused-ring (bicyclic) bond motifs is 1. The van der Waals surface area contributed by atoms with Gasteiger partial charge in [-0.25, -0.2) is 17.8 Å². The second-order valence-corrected chi connectivity index (χ2v) is 11.4. The molecule has 5 rings (SSSR count). The number of amides is 1. The minimum absolute atomic E-state index is 0.0398. The molecule has 0 saturated carbocycles. The van der Waals surface area contributed by atoms with Crippen molar-refractivity contribution in [3.05, 3.63) is 72.4 Å². The average molecular weight is 530 g/mol. The van der Waals surface area contributed by atoms with E-state index in [1.807, 2.05) is 18.2 Å². The Hall–Kier alpha value is -3.28. The van der Waals surface area contributed by atoms with Gasteiger partial charge >= 0.3 is 0 Å². The zero-order valence-corrected chi connectivity index (χ0v) is 21.1. The van der Waals surface area contributed by atoms with Crippen LogP contribution in [0.3, 0.4) is 0 Å². The van der Waals surface area contributed by atoms with Gasteiger partial charge in [0.05, 0.1) is 35.0 Å². The summed E-state index contributed by atoms with van der Waals surface area (Å²) in [6.07, 6.45) is 2.29. The van der Waals surface area contributed by atoms with Gasteiger partial charge in [-0.1, -0.05) is 11.3 Å². The Morgan fingerprint density at radius 1 is 1.19 bits per heavy atom. The van der Waals surface area contributed by atoms with Crippen molar-refractivity contribution in [1.82, 2.24) is 9.29 Å². The van der Waals surface area contributed by atoms with E-state index in [-0.39, 0.29) is 36.4 Å². The lowest BCUT2D eigenvalue weighted by molar-refractivity contribution is -0.123. The predicted octanol–water partition coefficient (Wildman–Crippen LogP) is 4.67. The van der Waals surface area contributed by atoms with Crippen LogP contribution in [0.15, 0.2) is 70.2 Å². The first-order chi connectivity index (χ1) is 17.3. The van der Waals surface area contributed by atoms with Crippen LogP contribution < -0.4 is 9.64 Å². The lowest BCUT2D eigenvalue weighted by Gasteiger charge is -2.32. The Labute approximate surface area is 212 Å². The number of anilines is 1. The quantitative estimate of drug-likeness (QED) is 0.345. The molecular formula is C25H24FN3O5S2. The summed E-state index contributed by atoms with van der Waals surface area (Å²) in [5.41, 5.74) is 0.729. The summed E-state index contributed by atoms with van der Waals surface area (Å²) in [6.45, 7) is 0.611. The van der Waals surface area contributed by atoms with Crippen molar-refractivity contribution in [2.24, 2.45) is 5.92 Å². The standard InChI is InChI=1S/C25H24FN3O5S2/c1-33-19-6-9-23-22(15-19)27-25(35-23)29(16-20-3-2-14-34-20)24(30)17-10-12-28(13-11-17)36(31,32)21-7-4-18(26)5-8-21/h2-9,14-15,17H,10-13,16H2,1H3. The SMILES string of the molecule is COc1ccc2sc(N(Cc3ccco3)C(=O)C3CCN(S(=O)(=O)c4ccc(F)cc4)CC3)nc2c1. The van der Waals surface area contributed by atoms with Crippen molar-refractivity contribution in [2.75, 3.05) is 25.1 Å². The molecule has 11 heteroatoms. The molecule has 8 nitrogen and oxygen atoms in total. The zero-order valence-electron chi connectivity index (χ0n) is 19.5. The number of carbonyl (C=O) groups is 1. The van der Waals surface area contributed by atoms with Gasteiger partial charge in [0.15, 0.2) is 5.13 Å². The highest BCUT2D eigenvalue weighted by Crippen LogP contribution is 2.34. The maximum absolute atomic E-state index is 13.7. The lowest BCUT2D eigenvalue weighted by atomic mass is 9.96. The molecule has 1 aliphatic rings. The average Bonchev–Trinajstić information content (AvgIpc) is 3.56. The van der Waals surface area contributed by atoms with E-state index in [1.54, 1.807) is 30.4 Å². The van der Waals surface area contributed by atoms with E-state index in [0.29, 0.717) is 29.5 Å². The highest BCUT2D eigenvalue weighted by molar-refractivity contribution is 7.89. The molecule has 2 aromatic carbocycles. The summed E-state index contributed by atoms with van der Waals surface area (Å²) >= 11 is 1.40. The van der Waals surface area contributed by atoms with Gasteiger partial charge in [0.2, 0.25) is 15.9 Å². The highest BCUT2D eigenvalue weighted by Gasteiger charge is 2.35. The molecule has 1 aliphatic heterocycles. The molecule has 0 N–H and O–H groups in total. The first kappa shape index (κ1) is 24.4. The molecule has 4 aromatic rings. The summed E-state index contributed by atoms with van der Waals surface area (Å²) in [5.74, 6) is 0.301. The van der Waals surface area contributed by atoms with Gasteiger partial charge in [0.1, 0.15) is 17.3 Å². The Morgan fingerprint density at radius 3 is 2.61 bits per heavy atom. The van der Waals surface area contributed by atoms with Crippen LogP contribution in [0.4, 0.5) is 9.52 Å². The third-order valence-corrected chi connectivity index (χ3v) is 9.20. The fraction of sp³-hybridized carbons (Fsp3) is 0.280. The number of thiazole rings is 1. The molecule has 0 unspecified atom stereocenters. The van der Waals surface area contributed by atoms with Gasteiger partial charge < -0.3 is 9.15 Å². The smallest absolute Gasteiger partial charge is 0.243 e. The van der Waals surface area contributed by atoms with E-state index in [1.165, 1.54) is 27.8 Å². The molecule has 2 aromatic heterocycles. The Balaban J connectivity index is 1.36. The maximum Gasteiger partial charge on any atom is 0.243 e. The molecule has 3 heterocycles. The molecule has 0 atom stereocenters. The number of hydrogen-bond acceptors (Lipinski definition) is 7. The number of furan rings is 1. The van der Waals surface area contributed by atoms with Crippen LogP contribution >= 0.6 is 11.3 Å². The molecule has 0 aliphatic carbocycles. The van der Waals surface area contributed by atoms with Crippen LogP contribution in [0.5, 0.6) is 5.75 Å². The number of halogens is 1. The van der Waals surface area contributed by atoms with Crippen molar-refractivity contribution in [2.45, 2.75) is 24.3 Å². The van der Waals surface area contributed by atoms with E-state index in [0.717, 1.165) is 22.3 Å². The van der Waals surface area contributed by atoms with Crippen molar-refractivity contribution in [3.63, 3.8) is 0 Å². The minimum atomic E-state index is -3.76. The predicted molar refractivity (Wildman–Crippen MR) is 134 cm³/mol. The molecule has 1 amide bonds. The summed E-state index contributed by atoms with van der Waals surface area (Å²) in [5, 5.41) is 0.543. The first-order valence-corrected chi connectivity index (χ1v) is 13.6. The van der Waals surface area contributed by atoms with Gasteiger partial charge in [0, 0.05) is 25.1 Å². The molecule has 0 radical (unpaired) electrons. The molecule has 0 bridgehead atoms. The van der Waals surface area contributed by atoms with E-state index in [9.17, 15) is 17.6 Å². The van der Waals surface area contributed by atoms with Crippen molar-refractivity contribution in [1.29, 1.82) is 0 Å². The maximum atomic E-state index is 13.7. The van der Waals surface area contributed by atoms with Crippen molar-refractivity contribution < 1.29 is 26.8 Å². The van der Waals surface area contributed by atoms with E-state index in [2.05, 4.69) is 4.98 Å². The number of hydrogen-bond donors (Lipinski definition) is 0. The van der Waals surface area contributed by atoms with Crippen LogP contribution in [0.1, 0.15) is 18.6 Å². The number of benzene rings is 2. The van der Waals surface area contributed by atoms with Crippen LogP contribution in [0.25, 0.3) is 10.2 Å². The van der Waals surface area contributed by atoms with Crippen molar-refractivity contribution in [3.8, 4) is 5.75 Å². The largest absolute Gasteiger partial charge is 0.497 e. The number of piperidine rings is 1. The number of ether oxygens (including phenoxy) is 1. The van der Waals surface area contributed by atoms with Gasteiger partial charge in [-0.3, -0.25) is 9.69 Å². The summed E-state index contributed by atoms with van der Waals surface area (Å²) in [4.78, 5) is 20.0. The van der Waals surface area contributed by atoms with E-state index < -0.39 is 15.8 Å². The fourth-order valence-corrected chi connectivity index (χ4v) is 6.68. The fourth-order valence-electron chi connectivity index (χ4n) is 4.25. The first-order valence-electron chi connectivity index (χ1n) is 11.4. The molecule has 1 saturated heterocycles. The van der Waals surface area contributed by atoms with Gasteiger partial charge in [-0.15, -0.1) is 0 Å². The van der Waals surface area contributed by atoms with Gasteiger partial charge in [-0.05, 0) is 61.4 Å². The van der Waals surface area contributed by atoms with E-state index >= 15 is 0 Å². The number of nitrogens with zero attached hydrogens (tertiary/aromatic N) is 3. The lowest BCUT2D eigenvalue weighted by Crippen LogP contribution is -2.44. The van der Waals surface area contributed by atoms with Crippen LogP contribution in [0.2, 0.25) is 0 Å². The monoisotopic (exact) mass is 529 g/mol. The number of carbonyl (C=O) groups excluding carboxylic acids is 1. The van der Waals surface area contributed by atoms with Crippen LogP contribution in [-0.4, -0.2) is 43.8 Å². The second-order valence-electron chi connectivity index (χ2n) is 8.47. The summed E-state index contributed by atoms with van der Waals surface area (Å²) < 4.78 is 52.3. The Kier molecular flexibility index (Phi) is 6.78. The van der Waals surface area contributed by atoms with Gasteiger partial charge in [-0.2, -0.15) is 4.31 Å². The zero-order chi connectivity index (χ0) is 25.3. The minimum Gasteiger partial charge on any atom is -0.497 e. The van der Waals surface area contributed by atoms with Gasteiger partial charge in [0.25, 0.3) is 0 Å². The third-order valence-electron chi connectivity index (χ3n) is 6.23. The highest BCUT2D eigenvalue weighted by atomic mass is 32.2. The number of sulfonamides is 1. The molecule has 0 spiro atoms. The summed E-state index contributed by atoms with van der Waals surface area (Å²) in [6, 6.07) is 13.9. The van der Waals surface area contributed by atoms with Crippen LogP contribution in [-0.2, 0) is 21.4 Å². The molecule has 1 fully saturated rings. The number of aromatic nitrogens is 1. The number of rotatable bonds is 7.